The summed E-state index contributed by atoms with van der Waals surface area (Å²) in [7, 11) is 0. The molecule has 1 rings (SSSR count). The number of para-hydroxylation sites is 1. The molecule has 0 saturated carbocycles. The van der Waals surface area contributed by atoms with Crippen LogP contribution in [0.5, 0.6) is 5.75 Å². The van der Waals surface area contributed by atoms with Crippen LogP contribution in [0.2, 0.25) is 0 Å². The van der Waals surface area contributed by atoms with E-state index in [1.807, 2.05) is 31.2 Å². The highest BCUT2D eigenvalue weighted by molar-refractivity contribution is 5.35. The quantitative estimate of drug-likeness (QED) is 0.808. The Balaban J connectivity index is 2.69. The Hall–Kier alpha value is -1.06. The summed E-state index contributed by atoms with van der Waals surface area (Å²) in [4.78, 5) is 0. The lowest BCUT2D eigenvalue weighted by molar-refractivity contribution is -0.0269. The largest absolute Gasteiger partial charge is 0.494 e. The van der Waals surface area contributed by atoms with Crippen LogP contribution in [0.3, 0.4) is 0 Å². The van der Waals surface area contributed by atoms with E-state index >= 15 is 0 Å². The van der Waals surface area contributed by atoms with Gasteiger partial charge in [-0.1, -0.05) is 25.1 Å². The molecule has 0 fully saturated rings. The monoisotopic (exact) mass is 251 g/mol. The van der Waals surface area contributed by atoms with Crippen LogP contribution < -0.4 is 10.5 Å². The van der Waals surface area contributed by atoms with Crippen LogP contribution in [0.25, 0.3) is 0 Å². The topological polar surface area (TPSA) is 44.5 Å². The van der Waals surface area contributed by atoms with E-state index in [0.717, 1.165) is 17.7 Å². The molecule has 0 amide bonds. The lowest BCUT2D eigenvalue weighted by atomic mass is 10.0. The van der Waals surface area contributed by atoms with Crippen molar-refractivity contribution in [2.75, 3.05) is 13.2 Å². The van der Waals surface area contributed by atoms with Crippen LogP contribution in [0.15, 0.2) is 24.3 Å². The third kappa shape index (κ3) is 4.31. The number of nitrogens with two attached hydrogens (primary N) is 1. The third-order valence-electron chi connectivity index (χ3n) is 3.12. The zero-order valence-corrected chi connectivity index (χ0v) is 11.9. The molecule has 1 aromatic carbocycles. The van der Waals surface area contributed by atoms with Crippen LogP contribution >= 0.6 is 0 Å². The molecule has 18 heavy (non-hydrogen) atoms. The molecule has 0 radical (unpaired) electrons. The highest BCUT2D eigenvalue weighted by atomic mass is 16.5. The fraction of sp³-hybridized carbons (Fsp3) is 0.600. The van der Waals surface area contributed by atoms with Crippen LogP contribution in [-0.4, -0.2) is 18.8 Å². The molecule has 1 aromatic rings. The number of benzene rings is 1. The summed E-state index contributed by atoms with van der Waals surface area (Å²) >= 11 is 0. The van der Waals surface area contributed by atoms with Crippen molar-refractivity contribution in [1.82, 2.24) is 0 Å². The Morgan fingerprint density at radius 3 is 2.50 bits per heavy atom. The molecular weight excluding hydrogens is 226 g/mol. The standard InChI is InChI=1S/C15H25NO2/c1-5-15(3,4)18-11-13(16)12-9-7-8-10-14(12)17-6-2/h7-10,13H,5-6,11,16H2,1-4H3. The third-order valence-corrected chi connectivity index (χ3v) is 3.12. The van der Waals surface area contributed by atoms with Gasteiger partial charge < -0.3 is 15.2 Å². The van der Waals surface area contributed by atoms with E-state index in [-0.39, 0.29) is 11.6 Å². The normalized spacial score (nSPS) is 13.4. The maximum Gasteiger partial charge on any atom is 0.124 e. The van der Waals surface area contributed by atoms with Crippen LogP contribution in [0.4, 0.5) is 0 Å². The summed E-state index contributed by atoms with van der Waals surface area (Å²) in [5, 5.41) is 0. The molecule has 1 atom stereocenters. The number of rotatable bonds is 7. The van der Waals surface area contributed by atoms with E-state index in [2.05, 4.69) is 20.8 Å². The van der Waals surface area contributed by atoms with Crippen molar-refractivity contribution in [2.45, 2.75) is 45.8 Å². The first-order valence-electron chi connectivity index (χ1n) is 6.61. The summed E-state index contributed by atoms with van der Waals surface area (Å²) in [6, 6.07) is 7.72. The van der Waals surface area contributed by atoms with E-state index in [1.54, 1.807) is 0 Å². The second kappa shape index (κ2) is 6.76. The van der Waals surface area contributed by atoms with Gasteiger partial charge in [-0.15, -0.1) is 0 Å². The molecule has 1 unspecified atom stereocenters. The van der Waals surface area contributed by atoms with Crippen molar-refractivity contribution in [1.29, 1.82) is 0 Å². The van der Waals surface area contributed by atoms with Gasteiger partial charge in [0.15, 0.2) is 0 Å². The Kier molecular flexibility index (Phi) is 5.63. The van der Waals surface area contributed by atoms with E-state index in [1.165, 1.54) is 0 Å². The van der Waals surface area contributed by atoms with Crippen LogP contribution in [-0.2, 0) is 4.74 Å². The van der Waals surface area contributed by atoms with Crippen molar-refractivity contribution in [3.05, 3.63) is 29.8 Å². The van der Waals surface area contributed by atoms with Crippen molar-refractivity contribution < 1.29 is 9.47 Å². The Morgan fingerprint density at radius 1 is 1.22 bits per heavy atom. The summed E-state index contributed by atoms with van der Waals surface area (Å²) in [6.07, 6.45) is 0.965. The number of hydrogen-bond donors (Lipinski definition) is 1. The van der Waals surface area contributed by atoms with E-state index in [4.69, 9.17) is 15.2 Å². The summed E-state index contributed by atoms with van der Waals surface area (Å²) in [5.41, 5.74) is 7.06. The highest BCUT2D eigenvalue weighted by Crippen LogP contribution is 2.25. The minimum absolute atomic E-state index is 0.127. The SMILES string of the molecule is CCOc1ccccc1C(N)COC(C)(C)CC. The maximum atomic E-state index is 6.18. The Labute approximate surface area is 110 Å². The van der Waals surface area contributed by atoms with E-state index in [0.29, 0.717) is 13.2 Å². The molecule has 102 valence electrons. The van der Waals surface area contributed by atoms with Crippen molar-refractivity contribution in [3.63, 3.8) is 0 Å². The maximum absolute atomic E-state index is 6.18. The second-order valence-corrected chi connectivity index (χ2v) is 5.00. The predicted octanol–water partition coefficient (Wildman–Crippen LogP) is 3.29. The van der Waals surface area contributed by atoms with Gasteiger partial charge in [0.05, 0.1) is 24.9 Å². The van der Waals surface area contributed by atoms with Gasteiger partial charge in [0, 0.05) is 5.56 Å². The molecule has 3 heteroatoms. The Bertz CT molecular complexity index is 363. The van der Waals surface area contributed by atoms with Crippen molar-refractivity contribution in [2.24, 2.45) is 5.73 Å². The van der Waals surface area contributed by atoms with Gasteiger partial charge in [0.1, 0.15) is 5.75 Å². The molecule has 3 nitrogen and oxygen atoms in total. The van der Waals surface area contributed by atoms with Gasteiger partial charge in [-0.25, -0.2) is 0 Å². The minimum Gasteiger partial charge on any atom is -0.494 e. The molecule has 0 bridgehead atoms. The molecular formula is C15H25NO2. The van der Waals surface area contributed by atoms with Gasteiger partial charge in [0.25, 0.3) is 0 Å². The number of ether oxygens (including phenoxy) is 2. The summed E-state index contributed by atoms with van der Waals surface area (Å²) in [5.74, 6) is 0.852. The van der Waals surface area contributed by atoms with Gasteiger partial charge in [0.2, 0.25) is 0 Å². The van der Waals surface area contributed by atoms with Crippen LogP contribution in [0, 0.1) is 0 Å². The van der Waals surface area contributed by atoms with Gasteiger partial charge in [-0.3, -0.25) is 0 Å². The minimum atomic E-state index is -0.154. The van der Waals surface area contributed by atoms with Crippen molar-refractivity contribution >= 4 is 0 Å². The fourth-order valence-electron chi connectivity index (χ4n) is 1.58. The second-order valence-electron chi connectivity index (χ2n) is 5.00. The lowest BCUT2D eigenvalue weighted by Gasteiger charge is -2.26. The van der Waals surface area contributed by atoms with Crippen LogP contribution in [0.1, 0.15) is 45.7 Å². The first-order chi connectivity index (χ1) is 8.50. The molecule has 0 aliphatic carbocycles. The Morgan fingerprint density at radius 2 is 1.89 bits per heavy atom. The summed E-state index contributed by atoms with van der Waals surface area (Å²) < 4.78 is 11.4. The molecule has 0 spiro atoms. The molecule has 0 heterocycles. The van der Waals surface area contributed by atoms with E-state index in [9.17, 15) is 0 Å². The first-order valence-corrected chi connectivity index (χ1v) is 6.61. The molecule has 0 aliphatic rings. The first kappa shape index (κ1) is 15.0. The van der Waals surface area contributed by atoms with Gasteiger partial charge >= 0.3 is 0 Å². The van der Waals surface area contributed by atoms with Gasteiger partial charge in [-0.05, 0) is 33.3 Å². The zero-order chi connectivity index (χ0) is 13.6. The molecule has 0 aliphatic heterocycles. The predicted molar refractivity (Wildman–Crippen MR) is 74.9 cm³/mol. The number of hydrogen-bond acceptors (Lipinski definition) is 3. The average molecular weight is 251 g/mol. The molecule has 0 aromatic heterocycles. The highest BCUT2D eigenvalue weighted by Gasteiger charge is 2.19. The summed E-state index contributed by atoms with van der Waals surface area (Å²) in [6.45, 7) is 9.39. The van der Waals surface area contributed by atoms with E-state index < -0.39 is 0 Å². The zero-order valence-electron chi connectivity index (χ0n) is 11.9. The van der Waals surface area contributed by atoms with Gasteiger partial charge in [-0.2, -0.15) is 0 Å². The molecule has 2 N–H and O–H groups in total. The lowest BCUT2D eigenvalue weighted by Crippen LogP contribution is -2.28. The smallest absolute Gasteiger partial charge is 0.124 e. The average Bonchev–Trinajstić information content (AvgIpc) is 2.37. The molecule has 0 saturated heterocycles. The fourth-order valence-corrected chi connectivity index (χ4v) is 1.58. The van der Waals surface area contributed by atoms with Crippen molar-refractivity contribution in [3.8, 4) is 5.75 Å².